The Bertz CT molecular complexity index is 1050. The van der Waals surface area contributed by atoms with E-state index in [0.29, 0.717) is 36.5 Å². The highest BCUT2D eigenvalue weighted by atomic mass is 35.5. The first-order valence-electron chi connectivity index (χ1n) is 10.1. The molecule has 3 rings (SSSR count). The van der Waals surface area contributed by atoms with Crippen molar-refractivity contribution in [3.05, 3.63) is 57.8 Å². The Hall–Kier alpha value is -1.87. The summed E-state index contributed by atoms with van der Waals surface area (Å²) in [7, 11) is -3.47. The molecule has 2 N–H and O–H groups in total. The van der Waals surface area contributed by atoms with Gasteiger partial charge in [-0.1, -0.05) is 30.1 Å². The summed E-state index contributed by atoms with van der Waals surface area (Å²) >= 11 is 12.0. The van der Waals surface area contributed by atoms with E-state index in [1.807, 2.05) is 6.92 Å². The number of sulfonamides is 1. The molecule has 1 aromatic heterocycles. The monoisotopic (exact) mass is 485 g/mol. The van der Waals surface area contributed by atoms with Gasteiger partial charge in [0.25, 0.3) is 5.91 Å². The van der Waals surface area contributed by atoms with E-state index in [0.717, 1.165) is 0 Å². The molecular formula is C21H25Cl2N3O4S. The molecule has 31 heavy (non-hydrogen) atoms. The number of halogens is 2. The number of piperidine rings is 1. The van der Waals surface area contributed by atoms with Crippen LogP contribution in [0.4, 0.5) is 0 Å². The Morgan fingerprint density at radius 3 is 2.77 bits per heavy atom. The number of amides is 1. The zero-order valence-corrected chi connectivity index (χ0v) is 19.4. The van der Waals surface area contributed by atoms with E-state index < -0.39 is 22.0 Å². The lowest BCUT2D eigenvalue weighted by atomic mass is 9.88. The van der Waals surface area contributed by atoms with E-state index in [1.165, 1.54) is 16.4 Å². The predicted octanol–water partition coefficient (Wildman–Crippen LogP) is 3.81. The highest BCUT2D eigenvalue weighted by Gasteiger charge is 2.37. The molecule has 1 saturated heterocycles. The fourth-order valence-electron chi connectivity index (χ4n) is 3.91. The molecule has 0 bridgehead atoms. The number of rotatable bonds is 7. The molecule has 10 heteroatoms. The zero-order chi connectivity index (χ0) is 22.6. The van der Waals surface area contributed by atoms with Crippen LogP contribution in [0, 0.1) is 0 Å². The number of carbonyl (C=O) groups excluding carboxylic acids is 1. The van der Waals surface area contributed by atoms with Crippen LogP contribution in [-0.2, 0) is 10.0 Å². The minimum absolute atomic E-state index is 0.0416. The molecule has 1 fully saturated rings. The second-order valence-electron chi connectivity index (χ2n) is 7.54. The van der Waals surface area contributed by atoms with Crippen molar-refractivity contribution in [1.29, 1.82) is 0 Å². The van der Waals surface area contributed by atoms with E-state index >= 15 is 0 Å². The fraction of sp³-hybridized carbons (Fsp3) is 0.429. The Kier molecular flexibility index (Phi) is 7.80. The molecule has 168 valence electrons. The maximum absolute atomic E-state index is 12.8. The maximum Gasteiger partial charge on any atom is 0.252 e. The molecular weight excluding hydrogens is 461 g/mol. The lowest BCUT2D eigenvalue weighted by Crippen LogP contribution is -2.51. The fourth-order valence-corrected chi connectivity index (χ4v) is 6.15. The van der Waals surface area contributed by atoms with Crippen LogP contribution in [-0.4, -0.2) is 53.6 Å². The molecule has 0 saturated carbocycles. The minimum atomic E-state index is -3.47. The van der Waals surface area contributed by atoms with Crippen LogP contribution in [0.3, 0.4) is 0 Å². The molecule has 1 amide bonds. The number of nitrogens with zero attached hydrogens (tertiary/aromatic N) is 2. The third-order valence-corrected chi connectivity index (χ3v) is 8.03. The van der Waals surface area contributed by atoms with E-state index in [9.17, 15) is 18.3 Å². The Morgan fingerprint density at radius 2 is 2.10 bits per heavy atom. The Morgan fingerprint density at radius 1 is 1.32 bits per heavy atom. The lowest BCUT2D eigenvalue weighted by molar-refractivity contribution is 0.0937. The second-order valence-corrected chi connectivity index (χ2v) is 10.4. The van der Waals surface area contributed by atoms with Crippen molar-refractivity contribution in [2.45, 2.75) is 38.1 Å². The summed E-state index contributed by atoms with van der Waals surface area (Å²) in [5.74, 6) is -0.388. The van der Waals surface area contributed by atoms with Gasteiger partial charge in [0.15, 0.2) is 0 Å². The third-order valence-electron chi connectivity index (χ3n) is 5.36. The van der Waals surface area contributed by atoms with Crippen molar-refractivity contribution in [2.75, 3.05) is 18.8 Å². The van der Waals surface area contributed by atoms with Gasteiger partial charge in [0.2, 0.25) is 10.0 Å². The van der Waals surface area contributed by atoms with Gasteiger partial charge in [-0.25, -0.2) is 8.42 Å². The first kappa shape index (κ1) is 23.8. The largest absolute Gasteiger partial charge is 0.506 e. The smallest absolute Gasteiger partial charge is 0.252 e. The average Bonchev–Trinajstić information content (AvgIpc) is 2.72. The van der Waals surface area contributed by atoms with Gasteiger partial charge >= 0.3 is 0 Å². The zero-order valence-electron chi connectivity index (χ0n) is 17.1. The highest BCUT2D eigenvalue weighted by Crippen LogP contribution is 2.35. The molecule has 2 aromatic rings. The lowest BCUT2D eigenvalue weighted by Gasteiger charge is -2.38. The SMILES string of the molecule is CCCS(=O)(=O)N1CCC(c2ncccc2O)CC1CNC(=O)c1ccc(Cl)cc1Cl. The summed E-state index contributed by atoms with van der Waals surface area (Å²) in [5, 5.41) is 13.6. The molecule has 2 heterocycles. The molecule has 0 spiro atoms. The van der Waals surface area contributed by atoms with Crippen LogP contribution in [0.2, 0.25) is 10.0 Å². The van der Waals surface area contributed by atoms with Crippen molar-refractivity contribution < 1.29 is 18.3 Å². The summed E-state index contributed by atoms with van der Waals surface area (Å²) < 4.78 is 27.1. The molecule has 2 unspecified atom stereocenters. The van der Waals surface area contributed by atoms with E-state index in [-0.39, 0.29) is 34.6 Å². The molecule has 1 aliphatic heterocycles. The van der Waals surface area contributed by atoms with Crippen molar-refractivity contribution >= 4 is 39.1 Å². The number of aromatic nitrogens is 1. The molecule has 1 aliphatic rings. The summed E-state index contributed by atoms with van der Waals surface area (Å²) in [5.41, 5.74) is 0.816. The van der Waals surface area contributed by atoms with Gasteiger partial charge in [-0.2, -0.15) is 4.31 Å². The van der Waals surface area contributed by atoms with Crippen molar-refractivity contribution in [2.24, 2.45) is 0 Å². The standard InChI is InChI=1S/C21H25Cl2N3O4S/c1-2-10-31(29,30)26-9-7-14(20-19(27)4-3-8-24-20)11-16(26)13-25-21(28)17-6-5-15(22)12-18(17)23/h3-6,8,12,14,16,27H,2,7,9-11,13H2,1H3,(H,25,28). The number of hydrogen-bond acceptors (Lipinski definition) is 5. The van der Waals surface area contributed by atoms with Crippen LogP contribution in [0.1, 0.15) is 48.2 Å². The molecule has 0 radical (unpaired) electrons. The first-order valence-corrected chi connectivity index (χ1v) is 12.5. The average molecular weight is 486 g/mol. The van der Waals surface area contributed by atoms with E-state index in [1.54, 1.807) is 24.4 Å². The third kappa shape index (κ3) is 5.68. The van der Waals surface area contributed by atoms with Gasteiger partial charge < -0.3 is 10.4 Å². The minimum Gasteiger partial charge on any atom is -0.506 e. The van der Waals surface area contributed by atoms with Gasteiger partial charge in [0.1, 0.15) is 5.75 Å². The predicted molar refractivity (Wildman–Crippen MR) is 121 cm³/mol. The van der Waals surface area contributed by atoms with Gasteiger partial charge in [0, 0.05) is 36.3 Å². The van der Waals surface area contributed by atoms with E-state index in [4.69, 9.17) is 23.2 Å². The molecule has 2 atom stereocenters. The summed E-state index contributed by atoms with van der Waals surface area (Å²) in [6.45, 7) is 2.23. The topological polar surface area (TPSA) is 99.6 Å². The van der Waals surface area contributed by atoms with Crippen molar-refractivity contribution in [3.8, 4) is 5.75 Å². The van der Waals surface area contributed by atoms with Crippen LogP contribution in [0.25, 0.3) is 0 Å². The van der Waals surface area contributed by atoms with Gasteiger partial charge in [0.05, 0.1) is 22.0 Å². The first-order chi connectivity index (χ1) is 14.7. The highest BCUT2D eigenvalue weighted by molar-refractivity contribution is 7.89. The molecule has 7 nitrogen and oxygen atoms in total. The van der Waals surface area contributed by atoms with Crippen LogP contribution in [0.15, 0.2) is 36.5 Å². The summed E-state index contributed by atoms with van der Waals surface area (Å²) in [4.78, 5) is 16.9. The van der Waals surface area contributed by atoms with Crippen LogP contribution >= 0.6 is 23.2 Å². The number of carbonyl (C=O) groups is 1. The quantitative estimate of drug-likeness (QED) is 0.620. The molecule has 1 aromatic carbocycles. The van der Waals surface area contributed by atoms with Crippen LogP contribution < -0.4 is 5.32 Å². The number of aromatic hydroxyl groups is 1. The normalized spacial score (nSPS) is 19.8. The van der Waals surface area contributed by atoms with Crippen LogP contribution in [0.5, 0.6) is 5.75 Å². The number of hydrogen-bond donors (Lipinski definition) is 2. The maximum atomic E-state index is 12.8. The van der Waals surface area contributed by atoms with E-state index in [2.05, 4.69) is 10.3 Å². The Labute approximate surface area is 192 Å². The number of benzene rings is 1. The second kappa shape index (κ2) is 10.2. The van der Waals surface area contributed by atoms with Crippen molar-refractivity contribution in [3.63, 3.8) is 0 Å². The Balaban J connectivity index is 1.80. The number of nitrogens with one attached hydrogen (secondary N) is 1. The summed E-state index contributed by atoms with van der Waals surface area (Å²) in [6, 6.07) is 7.33. The van der Waals surface area contributed by atoms with Gasteiger partial charge in [-0.05, 0) is 49.6 Å². The van der Waals surface area contributed by atoms with Gasteiger partial charge in [-0.3, -0.25) is 9.78 Å². The van der Waals surface area contributed by atoms with Gasteiger partial charge in [-0.15, -0.1) is 0 Å². The number of pyridine rings is 1. The van der Waals surface area contributed by atoms with Crippen molar-refractivity contribution in [1.82, 2.24) is 14.6 Å². The molecule has 0 aliphatic carbocycles. The summed E-state index contributed by atoms with van der Waals surface area (Å²) in [6.07, 6.45) is 3.08.